The van der Waals surface area contributed by atoms with Gasteiger partial charge in [-0.15, -0.1) is 0 Å². The lowest BCUT2D eigenvalue weighted by Gasteiger charge is -2.38. The van der Waals surface area contributed by atoms with Crippen LogP contribution in [0, 0.1) is 0 Å². The summed E-state index contributed by atoms with van der Waals surface area (Å²) < 4.78 is 7.82. The molecule has 1 saturated heterocycles. The molecule has 1 aromatic heterocycles. The van der Waals surface area contributed by atoms with Crippen LogP contribution in [0.5, 0.6) is 11.6 Å². The van der Waals surface area contributed by atoms with E-state index < -0.39 is 5.60 Å². The first-order valence-electron chi connectivity index (χ1n) is 12.5. The molecule has 3 aromatic carbocycles. The van der Waals surface area contributed by atoms with Crippen LogP contribution in [-0.4, -0.2) is 45.8 Å². The molecule has 39 heavy (non-hydrogen) atoms. The van der Waals surface area contributed by atoms with Gasteiger partial charge in [0.25, 0.3) is 5.91 Å². The van der Waals surface area contributed by atoms with E-state index in [0.29, 0.717) is 70.4 Å². The van der Waals surface area contributed by atoms with E-state index in [9.17, 15) is 9.90 Å². The van der Waals surface area contributed by atoms with E-state index in [0.717, 1.165) is 5.56 Å². The third kappa shape index (κ3) is 5.78. The highest BCUT2D eigenvalue weighted by Crippen LogP contribution is 2.37. The fourth-order valence-corrected chi connectivity index (χ4v) is 5.36. The molecule has 0 saturated carbocycles. The topological polar surface area (TPSA) is 79.6 Å². The largest absolute Gasteiger partial charge is 0.439 e. The summed E-state index contributed by atoms with van der Waals surface area (Å²) in [5.74, 6) is 0.616. The average Bonchev–Trinajstić information content (AvgIpc) is 3.28. The van der Waals surface area contributed by atoms with Crippen LogP contribution >= 0.6 is 34.8 Å². The van der Waals surface area contributed by atoms with Crippen LogP contribution in [-0.2, 0) is 12.1 Å². The van der Waals surface area contributed by atoms with Crippen LogP contribution in [0.4, 0.5) is 0 Å². The number of hydrogen-bond acceptors (Lipinski definition) is 5. The quantitative estimate of drug-likeness (QED) is 0.260. The number of amides is 1. The number of carbonyl (C=O) groups is 1. The third-order valence-corrected chi connectivity index (χ3v) is 7.64. The normalized spacial score (nSPS) is 14.8. The van der Waals surface area contributed by atoms with Crippen molar-refractivity contribution >= 4 is 40.7 Å². The first-order valence-corrected chi connectivity index (χ1v) is 13.6. The van der Waals surface area contributed by atoms with Crippen LogP contribution in [0.25, 0.3) is 5.69 Å². The van der Waals surface area contributed by atoms with Gasteiger partial charge in [-0.2, -0.15) is 9.78 Å². The van der Waals surface area contributed by atoms with Crippen LogP contribution in [0.2, 0.25) is 15.1 Å². The Morgan fingerprint density at radius 3 is 2.31 bits per heavy atom. The SMILES string of the molecule is CNCc1c(C(=O)N2CCC(O)(c3ccccc3)CC2)nn(-c2ccc(Cl)cc2Cl)c1Oc1ccc(Cl)cc1. The number of ether oxygens (including phenoxy) is 1. The van der Waals surface area contributed by atoms with Gasteiger partial charge in [-0.25, -0.2) is 0 Å². The second-order valence-corrected chi connectivity index (χ2v) is 10.7. The van der Waals surface area contributed by atoms with Gasteiger partial charge in [0.1, 0.15) is 5.75 Å². The Kier molecular flexibility index (Phi) is 8.16. The second kappa shape index (κ2) is 11.6. The minimum Gasteiger partial charge on any atom is -0.439 e. The molecule has 0 aliphatic carbocycles. The van der Waals surface area contributed by atoms with Gasteiger partial charge in [0.15, 0.2) is 5.69 Å². The zero-order chi connectivity index (χ0) is 27.6. The van der Waals surface area contributed by atoms with Gasteiger partial charge in [-0.3, -0.25) is 4.79 Å². The lowest BCUT2D eigenvalue weighted by Crippen LogP contribution is -2.45. The molecule has 0 bridgehead atoms. The summed E-state index contributed by atoms with van der Waals surface area (Å²) in [6.07, 6.45) is 0.837. The van der Waals surface area contributed by atoms with Gasteiger partial charge in [-0.1, -0.05) is 65.1 Å². The minimum absolute atomic E-state index is 0.240. The Balaban J connectivity index is 1.52. The fourth-order valence-electron chi connectivity index (χ4n) is 4.74. The summed E-state index contributed by atoms with van der Waals surface area (Å²) in [5.41, 5.74) is 1.20. The lowest BCUT2D eigenvalue weighted by molar-refractivity contribution is -0.0213. The maximum atomic E-state index is 13.9. The predicted octanol–water partition coefficient (Wildman–Crippen LogP) is 6.47. The summed E-state index contributed by atoms with van der Waals surface area (Å²) in [7, 11) is 1.79. The lowest BCUT2D eigenvalue weighted by atomic mass is 9.84. The summed E-state index contributed by atoms with van der Waals surface area (Å²) in [6, 6.07) is 21.5. The first-order chi connectivity index (χ1) is 18.8. The van der Waals surface area contributed by atoms with Crippen LogP contribution in [0.3, 0.4) is 0 Å². The smallest absolute Gasteiger partial charge is 0.274 e. The summed E-state index contributed by atoms with van der Waals surface area (Å²) >= 11 is 18.8. The number of benzene rings is 3. The highest BCUT2D eigenvalue weighted by molar-refractivity contribution is 6.35. The van der Waals surface area contributed by atoms with Gasteiger partial charge in [0, 0.05) is 29.7 Å². The summed E-state index contributed by atoms with van der Waals surface area (Å²) in [6.45, 7) is 1.08. The van der Waals surface area contributed by atoms with E-state index in [2.05, 4.69) is 5.32 Å². The summed E-state index contributed by atoms with van der Waals surface area (Å²) in [4.78, 5) is 15.6. The zero-order valence-electron chi connectivity index (χ0n) is 21.2. The number of nitrogens with zero attached hydrogens (tertiary/aromatic N) is 3. The molecule has 1 fully saturated rings. The molecule has 7 nitrogen and oxygen atoms in total. The molecule has 0 atom stereocenters. The van der Waals surface area contributed by atoms with Gasteiger partial charge in [0.2, 0.25) is 5.88 Å². The Morgan fingerprint density at radius 2 is 1.67 bits per heavy atom. The van der Waals surface area contributed by atoms with Crippen molar-refractivity contribution in [3.63, 3.8) is 0 Å². The van der Waals surface area contributed by atoms with Crippen molar-refractivity contribution in [2.45, 2.75) is 25.0 Å². The van der Waals surface area contributed by atoms with E-state index in [4.69, 9.17) is 44.6 Å². The molecule has 2 heterocycles. The average molecular weight is 586 g/mol. The van der Waals surface area contributed by atoms with E-state index in [-0.39, 0.29) is 11.6 Å². The monoisotopic (exact) mass is 584 g/mol. The number of halogens is 3. The Bertz CT molecular complexity index is 1470. The number of carbonyl (C=O) groups excluding carboxylic acids is 1. The number of rotatable bonds is 7. The number of aliphatic hydroxyl groups is 1. The van der Waals surface area contributed by atoms with E-state index in [1.165, 1.54) is 4.68 Å². The van der Waals surface area contributed by atoms with E-state index in [1.807, 2.05) is 30.3 Å². The van der Waals surface area contributed by atoms with Crippen molar-refractivity contribution in [1.29, 1.82) is 0 Å². The van der Waals surface area contributed by atoms with Crippen LogP contribution in [0.1, 0.15) is 34.5 Å². The number of hydrogen-bond donors (Lipinski definition) is 2. The molecule has 5 rings (SSSR count). The van der Waals surface area contributed by atoms with Gasteiger partial charge >= 0.3 is 0 Å². The van der Waals surface area contributed by atoms with Crippen molar-refractivity contribution in [1.82, 2.24) is 20.0 Å². The molecule has 0 radical (unpaired) electrons. The molecule has 1 aliphatic rings. The van der Waals surface area contributed by atoms with Crippen LogP contribution in [0.15, 0.2) is 72.8 Å². The van der Waals surface area contributed by atoms with Crippen molar-refractivity contribution in [3.8, 4) is 17.3 Å². The molecule has 0 unspecified atom stereocenters. The van der Waals surface area contributed by atoms with Crippen LogP contribution < -0.4 is 10.1 Å². The molecular formula is C29H27Cl3N4O3. The van der Waals surface area contributed by atoms with E-state index >= 15 is 0 Å². The molecule has 10 heteroatoms. The Labute approximate surface area is 241 Å². The standard InChI is InChI=1S/C29H27Cl3N4O3/c1-33-18-23-26(27(37)35-15-13-29(38,14-16-35)19-5-3-2-4-6-19)34-36(25-12-9-21(31)17-24(25)32)28(23)39-22-10-7-20(30)8-11-22/h2-12,17,33,38H,13-16,18H2,1H3. The molecule has 0 spiro atoms. The molecule has 2 N–H and O–H groups in total. The number of piperidine rings is 1. The van der Waals surface area contributed by atoms with Crippen molar-refractivity contribution in [2.75, 3.05) is 20.1 Å². The minimum atomic E-state index is -0.981. The van der Waals surface area contributed by atoms with Crippen molar-refractivity contribution in [3.05, 3.63) is 105 Å². The van der Waals surface area contributed by atoms with Gasteiger partial charge < -0.3 is 20.1 Å². The zero-order valence-corrected chi connectivity index (χ0v) is 23.5. The number of likely N-dealkylation sites (tertiary alicyclic amines) is 1. The molecule has 1 amide bonds. The maximum Gasteiger partial charge on any atom is 0.274 e. The highest BCUT2D eigenvalue weighted by Gasteiger charge is 2.37. The number of nitrogens with one attached hydrogen (secondary N) is 1. The maximum absolute atomic E-state index is 13.9. The molecule has 202 valence electrons. The van der Waals surface area contributed by atoms with Crippen molar-refractivity contribution in [2.24, 2.45) is 0 Å². The Hall–Kier alpha value is -3.07. The van der Waals surface area contributed by atoms with E-state index in [1.54, 1.807) is 54.4 Å². The number of aromatic nitrogens is 2. The molecular weight excluding hydrogens is 559 g/mol. The van der Waals surface area contributed by atoms with Gasteiger partial charge in [-0.05, 0) is 67.9 Å². The molecule has 1 aliphatic heterocycles. The molecule has 4 aromatic rings. The van der Waals surface area contributed by atoms with Gasteiger partial charge in [0.05, 0.1) is 21.9 Å². The third-order valence-electron chi connectivity index (χ3n) is 6.85. The first kappa shape index (κ1) is 27.5. The Morgan fingerprint density at radius 1 is 1.00 bits per heavy atom. The predicted molar refractivity (Wildman–Crippen MR) is 153 cm³/mol. The summed E-state index contributed by atoms with van der Waals surface area (Å²) in [5, 5.41) is 20.5. The van der Waals surface area contributed by atoms with Crippen molar-refractivity contribution < 1.29 is 14.6 Å². The fraction of sp³-hybridized carbons (Fsp3) is 0.241. The second-order valence-electron chi connectivity index (χ2n) is 9.42. The highest BCUT2D eigenvalue weighted by atomic mass is 35.5.